The molecule has 4 aromatic carbocycles. The third kappa shape index (κ3) is 3.84. The summed E-state index contributed by atoms with van der Waals surface area (Å²) in [5, 5.41) is 20.1. The lowest BCUT2D eigenvalue weighted by atomic mass is 9.84. The Morgan fingerprint density at radius 1 is 0.475 bits per heavy atom. The van der Waals surface area contributed by atoms with E-state index >= 15 is 0 Å². The van der Waals surface area contributed by atoms with Crippen molar-refractivity contribution in [1.82, 2.24) is 9.80 Å². The van der Waals surface area contributed by atoms with Gasteiger partial charge in [-0.25, -0.2) is 0 Å². The van der Waals surface area contributed by atoms with Crippen LogP contribution in [0.15, 0.2) is 84.9 Å². The molecule has 2 heterocycles. The van der Waals surface area contributed by atoms with Gasteiger partial charge in [0.25, 0.3) is 23.6 Å². The molecule has 4 aromatic rings. The number of rotatable bonds is 8. The Morgan fingerprint density at radius 2 is 0.775 bits per heavy atom. The molecule has 200 valence electrons. The quantitative estimate of drug-likeness (QED) is 0.326. The van der Waals surface area contributed by atoms with Gasteiger partial charge in [0.15, 0.2) is 0 Å². The molecule has 0 aliphatic carbocycles. The highest BCUT2D eigenvalue weighted by molar-refractivity contribution is 6.33. The highest BCUT2D eigenvalue weighted by Gasteiger charge is 2.43. The van der Waals surface area contributed by atoms with Crippen LogP contribution in [0.2, 0.25) is 0 Å². The molecule has 0 saturated heterocycles. The zero-order valence-electron chi connectivity index (χ0n) is 21.5. The van der Waals surface area contributed by atoms with Gasteiger partial charge < -0.3 is 10.2 Å². The number of aliphatic hydroxyl groups is 2. The number of imide groups is 2. The van der Waals surface area contributed by atoms with Crippen LogP contribution in [0.5, 0.6) is 0 Å². The Labute approximate surface area is 230 Å². The molecule has 8 nitrogen and oxygen atoms in total. The van der Waals surface area contributed by atoms with Crippen molar-refractivity contribution in [2.24, 2.45) is 0 Å². The first kappa shape index (κ1) is 25.6. The highest BCUT2D eigenvalue weighted by Crippen LogP contribution is 2.42. The van der Waals surface area contributed by atoms with Crippen molar-refractivity contribution in [3.63, 3.8) is 0 Å². The van der Waals surface area contributed by atoms with Gasteiger partial charge in [-0.15, -0.1) is 0 Å². The summed E-state index contributed by atoms with van der Waals surface area (Å²) in [4.78, 5) is 57.7. The van der Waals surface area contributed by atoms with Crippen molar-refractivity contribution in [3.8, 4) is 0 Å². The Bertz CT molecular complexity index is 1470. The smallest absolute Gasteiger partial charge is 0.261 e. The van der Waals surface area contributed by atoms with Gasteiger partial charge in [0, 0.05) is 46.2 Å². The molecule has 0 saturated carbocycles. The number of carbonyl (C=O) groups excluding carboxylic acids is 4. The Kier molecular flexibility index (Phi) is 6.50. The number of carbonyl (C=O) groups is 4. The molecule has 2 unspecified atom stereocenters. The summed E-state index contributed by atoms with van der Waals surface area (Å²) in [6.45, 7) is -0.460. The SMILES string of the molecule is O=C1c2ccc3c4c(ccc(c24)C(=O)N1C(CCO)c1ccccc1)C(=O)N(C(CCO)c1ccccc1)C3=O. The van der Waals surface area contributed by atoms with Gasteiger partial charge in [0.1, 0.15) is 0 Å². The van der Waals surface area contributed by atoms with Crippen LogP contribution >= 0.6 is 0 Å². The molecular weight excluding hydrogens is 508 g/mol. The lowest BCUT2D eigenvalue weighted by Gasteiger charge is -2.37. The van der Waals surface area contributed by atoms with Crippen LogP contribution in [0.1, 0.15) is 77.5 Å². The lowest BCUT2D eigenvalue weighted by Crippen LogP contribution is -2.45. The predicted molar refractivity (Wildman–Crippen MR) is 147 cm³/mol. The van der Waals surface area contributed by atoms with Crippen LogP contribution in [-0.4, -0.2) is 56.9 Å². The monoisotopic (exact) mass is 534 g/mol. The number of aliphatic hydroxyl groups excluding tert-OH is 2. The minimum atomic E-state index is -0.689. The number of hydrogen-bond acceptors (Lipinski definition) is 6. The normalized spacial score (nSPS) is 16.1. The molecule has 0 bridgehead atoms. The second-order valence-corrected chi connectivity index (χ2v) is 9.91. The molecule has 8 heteroatoms. The second-order valence-electron chi connectivity index (χ2n) is 9.91. The van der Waals surface area contributed by atoms with Crippen LogP contribution in [0.4, 0.5) is 0 Å². The molecule has 4 amide bonds. The topological polar surface area (TPSA) is 115 Å². The first-order chi connectivity index (χ1) is 19.5. The molecule has 2 atom stereocenters. The average Bonchev–Trinajstić information content (AvgIpc) is 2.99. The van der Waals surface area contributed by atoms with E-state index in [1.807, 2.05) is 12.1 Å². The van der Waals surface area contributed by atoms with E-state index in [1.165, 1.54) is 24.3 Å². The molecular formula is C32H26N2O6. The fraction of sp³-hybridized carbons (Fsp3) is 0.188. The van der Waals surface area contributed by atoms with E-state index in [0.29, 0.717) is 11.1 Å². The number of nitrogens with zero attached hydrogens (tertiary/aromatic N) is 2. The molecule has 2 aliphatic rings. The van der Waals surface area contributed by atoms with Gasteiger partial charge in [0.2, 0.25) is 0 Å². The highest BCUT2D eigenvalue weighted by atomic mass is 16.3. The number of amides is 4. The van der Waals surface area contributed by atoms with Gasteiger partial charge in [-0.05, 0) is 48.2 Å². The molecule has 2 N–H and O–H groups in total. The van der Waals surface area contributed by atoms with Crippen LogP contribution in [0.3, 0.4) is 0 Å². The molecule has 40 heavy (non-hydrogen) atoms. The van der Waals surface area contributed by atoms with Crippen molar-refractivity contribution in [3.05, 3.63) is 118 Å². The summed E-state index contributed by atoms with van der Waals surface area (Å²) in [7, 11) is 0. The van der Waals surface area contributed by atoms with Crippen LogP contribution in [-0.2, 0) is 0 Å². The maximum atomic E-state index is 13.9. The van der Waals surface area contributed by atoms with Gasteiger partial charge in [-0.2, -0.15) is 0 Å². The summed E-state index contributed by atoms with van der Waals surface area (Å²) >= 11 is 0. The maximum Gasteiger partial charge on any atom is 0.261 e. The Morgan fingerprint density at radius 3 is 1.05 bits per heavy atom. The second kappa shape index (κ2) is 10.1. The van der Waals surface area contributed by atoms with E-state index in [4.69, 9.17) is 0 Å². The zero-order chi connectivity index (χ0) is 28.0. The molecule has 0 spiro atoms. The largest absolute Gasteiger partial charge is 0.396 e. The van der Waals surface area contributed by atoms with Crippen LogP contribution in [0, 0.1) is 0 Å². The lowest BCUT2D eigenvalue weighted by molar-refractivity contribution is 0.0489. The summed E-state index contributed by atoms with van der Waals surface area (Å²) in [6.07, 6.45) is 0.321. The van der Waals surface area contributed by atoms with E-state index in [2.05, 4.69) is 0 Å². The van der Waals surface area contributed by atoms with Crippen molar-refractivity contribution < 1.29 is 29.4 Å². The van der Waals surface area contributed by atoms with E-state index in [-0.39, 0.29) is 59.1 Å². The third-order valence-corrected chi connectivity index (χ3v) is 7.75. The van der Waals surface area contributed by atoms with Gasteiger partial charge in [-0.1, -0.05) is 60.7 Å². The molecule has 0 aromatic heterocycles. The molecule has 2 aliphatic heterocycles. The fourth-order valence-corrected chi connectivity index (χ4v) is 5.96. The van der Waals surface area contributed by atoms with Crippen molar-refractivity contribution in [2.45, 2.75) is 24.9 Å². The van der Waals surface area contributed by atoms with Gasteiger partial charge in [-0.3, -0.25) is 29.0 Å². The van der Waals surface area contributed by atoms with Crippen molar-refractivity contribution >= 4 is 34.4 Å². The van der Waals surface area contributed by atoms with E-state index in [0.717, 1.165) is 9.80 Å². The molecule has 0 fully saturated rings. The van der Waals surface area contributed by atoms with E-state index < -0.39 is 35.7 Å². The van der Waals surface area contributed by atoms with Gasteiger partial charge in [0.05, 0.1) is 12.1 Å². The minimum Gasteiger partial charge on any atom is -0.396 e. The van der Waals surface area contributed by atoms with Crippen LogP contribution < -0.4 is 0 Å². The Balaban J connectivity index is 1.49. The first-order valence-electron chi connectivity index (χ1n) is 13.1. The minimum absolute atomic E-state index is 0.161. The zero-order valence-corrected chi connectivity index (χ0v) is 21.5. The average molecular weight is 535 g/mol. The fourth-order valence-electron chi connectivity index (χ4n) is 5.96. The summed E-state index contributed by atoms with van der Waals surface area (Å²) in [5.74, 6) is -2.19. The van der Waals surface area contributed by atoms with Crippen molar-refractivity contribution in [2.75, 3.05) is 13.2 Å². The molecule has 6 rings (SSSR count). The number of benzene rings is 4. The standard InChI is InChI=1S/C32H26N2O6/c35-17-15-25(19-7-3-1-4-8-19)33-29(37)21-11-13-23-28-24(14-12-22(27(21)28)30(33)38)32(40)34(31(23)39)26(16-18-36)20-9-5-2-6-10-20/h1-14,25-26,35-36H,15-18H2. The first-order valence-corrected chi connectivity index (χ1v) is 13.1. The summed E-state index contributed by atoms with van der Waals surface area (Å²) < 4.78 is 0. The molecule has 0 radical (unpaired) electrons. The Hall–Kier alpha value is -4.66. The van der Waals surface area contributed by atoms with Crippen LogP contribution in [0.25, 0.3) is 10.8 Å². The maximum absolute atomic E-state index is 13.9. The van der Waals surface area contributed by atoms with Gasteiger partial charge >= 0.3 is 0 Å². The van der Waals surface area contributed by atoms with E-state index in [1.54, 1.807) is 48.5 Å². The predicted octanol–water partition coefficient (Wildman–Crippen LogP) is 4.28. The van der Waals surface area contributed by atoms with Crippen molar-refractivity contribution in [1.29, 1.82) is 0 Å². The number of hydrogen-bond donors (Lipinski definition) is 2. The summed E-state index contributed by atoms with van der Waals surface area (Å²) in [5.41, 5.74) is 2.31. The van der Waals surface area contributed by atoms with E-state index in [9.17, 15) is 29.4 Å². The summed E-state index contributed by atoms with van der Waals surface area (Å²) in [6, 6.07) is 22.8. The third-order valence-electron chi connectivity index (χ3n) is 7.75.